The second-order valence-corrected chi connectivity index (χ2v) is 8.33. The first-order valence-electron chi connectivity index (χ1n) is 11.2. The zero-order valence-electron chi connectivity index (χ0n) is 18.2. The van der Waals surface area contributed by atoms with Crippen molar-refractivity contribution in [2.45, 2.75) is 24.7 Å². The van der Waals surface area contributed by atoms with Crippen LogP contribution in [-0.2, 0) is 4.74 Å². The maximum absolute atomic E-state index is 14.3. The first-order chi connectivity index (χ1) is 16.2. The van der Waals surface area contributed by atoms with Gasteiger partial charge in [0.05, 0.1) is 19.8 Å². The predicted molar refractivity (Wildman–Crippen MR) is 117 cm³/mol. The van der Waals surface area contributed by atoms with E-state index in [2.05, 4.69) is 24.8 Å². The van der Waals surface area contributed by atoms with E-state index in [1.165, 1.54) is 6.07 Å². The number of halogens is 2. The van der Waals surface area contributed by atoms with Crippen molar-refractivity contribution in [1.82, 2.24) is 24.8 Å². The van der Waals surface area contributed by atoms with Crippen LogP contribution in [0.3, 0.4) is 0 Å². The van der Waals surface area contributed by atoms with Crippen molar-refractivity contribution >= 4 is 0 Å². The van der Waals surface area contributed by atoms with E-state index in [0.29, 0.717) is 18.3 Å². The monoisotopic (exact) mass is 453 g/mol. The highest BCUT2D eigenvalue weighted by Gasteiger charge is 2.41. The van der Waals surface area contributed by atoms with Crippen LogP contribution < -0.4 is 4.74 Å². The van der Waals surface area contributed by atoms with Gasteiger partial charge in [-0.15, -0.1) is 0 Å². The predicted octanol–water partition coefficient (Wildman–Crippen LogP) is 3.58. The molecule has 0 amide bonds. The van der Waals surface area contributed by atoms with Crippen molar-refractivity contribution < 1.29 is 18.3 Å². The van der Waals surface area contributed by atoms with Crippen LogP contribution in [0, 0.1) is 11.6 Å². The number of aromatic nitrogens is 4. The number of nitrogens with zero attached hydrogens (tertiary/aromatic N) is 5. The first-order valence-corrected chi connectivity index (χ1v) is 11.2. The molecule has 0 radical (unpaired) electrons. The Balaban J connectivity index is 1.20. The van der Waals surface area contributed by atoms with E-state index in [4.69, 9.17) is 9.47 Å². The fourth-order valence-corrected chi connectivity index (χ4v) is 4.19. The van der Waals surface area contributed by atoms with Gasteiger partial charge < -0.3 is 9.47 Å². The molecule has 1 aliphatic carbocycles. The quantitative estimate of drug-likeness (QED) is 0.483. The van der Waals surface area contributed by atoms with Gasteiger partial charge in [-0.05, 0) is 54.0 Å². The van der Waals surface area contributed by atoms with E-state index in [1.54, 1.807) is 36.9 Å². The van der Waals surface area contributed by atoms with Crippen LogP contribution in [-0.4, -0.2) is 64.3 Å². The summed E-state index contributed by atoms with van der Waals surface area (Å²) in [6, 6.07) is 4.63. The van der Waals surface area contributed by atoms with Crippen LogP contribution in [0.15, 0.2) is 43.0 Å². The molecular formula is C24H25F2N5O2. The lowest BCUT2D eigenvalue weighted by molar-refractivity contribution is 0.0357. The lowest BCUT2D eigenvalue weighted by Crippen LogP contribution is -2.37. The molecule has 2 aromatic heterocycles. The van der Waals surface area contributed by atoms with Crippen molar-refractivity contribution in [1.29, 1.82) is 0 Å². The summed E-state index contributed by atoms with van der Waals surface area (Å²) >= 11 is 0. The maximum Gasteiger partial charge on any atom is 0.200 e. The molecule has 5 rings (SSSR count). The molecule has 0 spiro atoms. The molecule has 2 atom stereocenters. The fourth-order valence-electron chi connectivity index (χ4n) is 4.19. The van der Waals surface area contributed by atoms with Crippen LogP contribution >= 0.6 is 0 Å². The molecule has 1 saturated heterocycles. The van der Waals surface area contributed by atoms with Crippen molar-refractivity contribution in [2.75, 3.05) is 39.5 Å². The topological polar surface area (TPSA) is 73.3 Å². The van der Waals surface area contributed by atoms with E-state index in [9.17, 15) is 8.78 Å². The molecule has 3 aromatic rings. The minimum Gasteiger partial charge on any atom is -0.490 e. The molecule has 2 fully saturated rings. The van der Waals surface area contributed by atoms with Gasteiger partial charge in [0.1, 0.15) is 0 Å². The summed E-state index contributed by atoms with van der Waals surface area (Å²) in [5.74, 6) is -0.671. The summed E-state index contributed by atoms with van der Waals surface area (Å²) in [5.41, 5.74) is 1.69. The molecular weight excluding hydrogens is 428 g/mol. The van der Waals surface area contributed by atoms with E-state index in [1.807, 2.05) is 0 Å². The summed E-state index contributed by atoms with van der Waals surface area (Å²) in [7, 11) is 0. The first kappa shape index (κ1) is 21.8. The van der Waals surface area contributed by atoms with Crippen molar-refractivity contribution in [2.24, 2.45) is 0 Å². The normalized spacial score (nSPS) is 20.5. The Morgan fingerprint density at radius 3 is 2.39 bits per heavy atom. The van der Waals surface area contributed by atoms with Crippen LogP contribution in [0.25, 0.3) is 11.6 Å². The minimum absolute atomic E-state index is 0.0227. The Labute approximate surface area is 190 Å². The highest BCUT2D eigenvalue weighted by molar-refractivity contribution is 5.44. The average Bonchev–Trinajstić information content (AvgIpc) is 3.67. The van der Waals surface area contributed by atoms with Crippen LogP contribution in [0.5, 0.6) is 5.75 Å². The van der Waals surface area contributed by atoms with Crippen molar-refractivity contribution in [3.8, 4) is 17.4 Å². The van der Waals surface area contributed by atoms with Gasteiger partial charge in [-0.1, -0.05) is 0 Å². The average molecular weight is 453 g/mol. The molecule has 3 heterocycles. The molecule has 0 bridgehead atoms. The van der Waals surface area contributed by atoms with E-state index >= 15 is 0 Å². The second-order valence-electron chi connectivity index (χ2n) is 8.33. The fraction of sp³-hybridized carbons (Fsp3) is 0.417. The summed E-state index contributed by atoms with van der Waals surface area (Å²) in [5, 5.41) is 0. The number of morpholine rings is 1. The van der Waals surface area contributed by atoms with Crippen molar-refractivity contribution in [3.05, 3.63) is 65.7 Å². The summed E-state index contributed by atoms with van der Waals surface area (Å²) in [4.78, 5) is 19.3. The molecule has 172 valence electrons. The van der Waals surface area contributed by atoms with Gasteiger partial charge in [-0.3, -0.25) is 4.90 Å². The smallest absolute Gasteiger partial charge is 0.200 e. The molecule has 1 saturated carbocycles. The third kappa shape index (κ3) is 5.15. The van der Waals surface area contributed by atoms with Gasteiger partial charge in [0.25, 0.3) is 0 Å². The molecule has 9 heteroatoms. The third-order valence-electron chi connectivity index (χ3n) is 6.08. The Morgan fingerprint density at radius 2 is 1.64 bits per heavy atom. The van der Waals surface area contributed by atoms with E-state index < -0.39 is 11.6 Å². The number of hydrogen-bond donors (Lipinski definition) is 0. The Hall–Kier alpha value is -3.04. The zero-order chi connectivity index (χ0) is 22.6. The number of rotatable bonds is 8. The van der Waals surface area contributed by atoms with Gasteiger partial charge in [0.15, 0.2) is 23.2 Å². The number of ether oxygens (including phenoxy) is 2. The molecule has 2 aliphatic rings. The lowest BCUT2D eigenvalue weighted by atomic mass is 10.1. The van der Waals surface area contributed by atoms with Gasteiger partial charge >= 0.3 is 0 Å². The van der Waals surface area contributed by atoms with Gasteiger partial charge in [-0.25, -0.2) is 24.3 Å². The molecule has 0 N–H and O–H groups in total. The van der Waals surface area contributed by atoms with Crippen LogP contribution in [0.4, 0.5) is 8.78 Å². The van der Waals surface area contributed by atoms with Gasteiger partial charge in [0.2, 0.25) is 5.82 Å². The zero-order valence-corrected chi connectivity index (χ0v) is 18.2. The molecule has 7 nitrogen and oxygen atoms in total. The Bertz CT molecular complexity index is 1080. The highest BCUT2D eigenvalue weighted by Crippen LogP contribution is 2.55. The summed E-state index contributed by atoms with van der Waals surface area (Å²) < 4.78 is 39.6. The molecule has 33 heavy (non-hydrogen) atoms. The molecule has 1 aromatic carbocycles. The molecule has 1 aliphatic heterocycles. The van der Waals surface area contributed by atoms with Crippen LogP contribution in [0.1, 0.15) is 35.8 Å². The second kappa shape index (κ2) is 9.84. The summed E-state index contributed by atoms with van der Waals surface area (Å²) in [6.07, 6.45) is 8.36. The highest BCUT2D eigenvalue weighted by atomic mass is 19.2. The Kier molecular flexibility index (Phi) is 6.50. The SMILES string of the molecule is Fc1cc([C@@H]2C[C@@H]2c2cnc(-c3ncccn3)nc2)cc(OCCCN2CCOCC2)c1F. The summed E-state index contributed by atoms with van der Waals surface area (Å²) in [6.45, 7) is 4.44. The largest absolute Gasteiger partial charge is 0.490 e. The van der Waals surface area contributed by atoms with E-state index in [0.717, 1.165) is 56.8 Å². The minimum atomic E-state index is -0.933. The lowest BCUT2D eigenvalue weighted by Gasteiger charge is -2.26. The molecule has 0 unspecified atom stereocenters. The Morgan fingerprint density at radius 1 is 0.939 bits per heavy atom. The maximum atomic E-state index is 14.3. The van der Waals surface area contributed by atoms with Crippen molar-refractivity contribution in [3.63, 3.8) is 0 Å². The standard InChI is InChI=1S/C24H25F2N5O2/c25-20-11-16(12-21(22(20)26)33-8-2-5-31-6-9-32-10-7-31)18-13-19(18)17-14-29-24(30-15-17)23-27-3-1-4-28-23/h1,3-4,11-12,14-15,18-19H,2,5-10,13H2/t18-,19+/m0/s1. The number of benzene rings is 1. The van der Waals surface area contributed by atoms with Gasteiger partial charge in [0, 0.05) is 44.4 Å². The van der Waals surface area contributed by atoms with Gasteiger partial charge in [-0.2, -0.15) is 4.39 Å². The van der Waals surface area contributed by atoms with E-state index in [-0.39, 0.29) is 17.6 Å². The van der Waals surface area contributed by atoms with Crippen LogP contribution in [0.2, 0.25) is 0 Å². The third-order valence-corrected chi connectivity index (χ3v) is 6.08. The number of hydrogen-bond acceptors (Lipinski definition) is 7.